The topological polar surface area (TPSA) is 12.0 Å². The van der Waals surface area contributed by atoms with Crippen LogP contribution in [0.5, 0.6) is 0 Å². The number of rotatable bonds is 2. The van der Waals surface area contributed by atoms with Crippen LogP contribution in [0.15, 0.2) is 12.8 Å². The highest BCUT2D eigenvalue weighted by molar-refractivity contribution is 4.92. The van der Waals surface area contributed by atoms with Crippen molar-refractivity contribution in [3.63, 3.8) is 0 Å². The van der Waals surface area contributed by atoms with Crippen molar-refractivity contribution in [2.45, 2.75) is 60.9 Å². The van der Waals surface area contributed by atoms with Crippen LogP contribution in [0.25, 0.3) is 0 Å². The summed E-state index contributed by atoms with van der Waals surface area (Å²) in [6.45, 7) is 17.8. The molecule has 1 aliphatic carbocycles. The Hall–Kier alpha value is -0.460. The van der Waals surface area contributed by atoms with Gasteiger partial charge in [-0.25, -0.2) is 0 Å². The number of nitrogens with one attached hydrogen (secondary N) is 1. The van der Waals surface area contributed by atoms with Crippen LogP contribution in [0, 0.1) is 5.92 Å². The van der Waals surface area contributed by atoms with Crippen LogP contribution in [0.1, 0.15) is 54.9 Å². The van der Waals surface area contributed by atoms with Crippen molar-refractivity contribution >= 4 is 0 Å². The maximum atomic E-state index is 3.56. The van der Waals surface area contributed by atoms with Gasteiger partial charge in [-0.05, 0) is 18.5 Å². The van der Waals surface area contributed by atoms with Gasteiger partial charge >= 0.3 is 0 Å². The first-order valence-corrected chi connectivity index (χ1v) is 5.71. The molecule has 0 bridgehead atoms. The van der Waals surface area contributed by atoms with Crippen LogP contribution in [-0.2, 0) is 0 Å². The zero-order chi connectivity index (χ0) is 11.3. The molecule has 0 radical (unpaired) electrons. The van der Waals surface area contributed by atoms with Crippen LogP contribution in [0.3, 0.4) is 0 Å². The molecule has 0 spiro atoms. The molecule has 2 unspecified atom stereocenters. The minimum Gasteiger partial charge on any atom is -0.388 e. The first kappa shape index (κ1) is 18.3. The summed E-state index contributed by atoms with van der Waals surface area (Å²) in [6, 6.07) is 0.748. The minimum atomic E-state index is 0.748. The molecule has 1 saturated carbocycles. The predicted molar refractivity (Wildman–Crippen MR) is 64.9 cm³/mol. The maximum Gasteiger partial charge on any atom is 0.0285 e. The Morgan fingerprint density at radius 2 is 1.38 bits per heavy atom. The smallest absolute Gasteiger partial charge is 0.0285 e. The van der Waals surface area contributed by atoms with E-state index >= 15 is 0 Å². The normalized spacial score (nSPS) is 21.5. The third kappa shape index (κ3) is 14.4. The Morgan fingerprint density at radius 3 is 1.46 bits per heavy atom. The van der Waals surface area contributed by atoms with E-state index in [4.69, 9.17) is 0 Å². The highest BCUT2D eigenvalue weighted by Crippen LogP contribution is 2.28. The van der Waals surface area contributed by atoms with E-state index in [1.165, 1.54) is 6.42 Å². The molecule has 82 valence electrons. The SMILES string of the molecule is C=CNC1CC1C.CC.CC.CC. The van der Waals surface area contributed by atoms with Crippen LogP contribution in [0.4, 0.5) is 0 Å². The van der Waals surface area contributed by atoms with E-state index in [9.17, 15) is 0 Å². The van der Waals surface area contributed by atoms with Gasteiger partial charge in [0.25, 0.3) is 0 Å². The van der Waals surface area contributed by atoms with Gasteiger partial charge in [0, 0.05) is 6.04 Å². The van der Waals surface area contributed by atoms with Gasteiger partial charge in [0.2, 0.25) is 0 Å². The summed E-state index contributed by atoms with van der Waals surface area (Å²) in [5.41, 5.74) is 0. The number of hydrogen-bond acceptors (Lipinski definition) is 1. The van der Waals surface area contributed by atoms with Crippen molar-refractivity contribution in [3.05, 3.63) is 12.8 Å². The largest absolute Gasteiger partial charge is 0.388 e. The van der Waals surface area contributed by atoms with Crippen molar-refractivity contribution in [2.24, 2.45) is 5.92 Å². The fourth-order valence-corrected chi connectivity index (χ4v) is 0.706. The van der Waals surface area contributed by atoms with E-state index in [1.54, 1.807) is 6.20 Å². The Bertz CT molecular complexity index is 79.2. The maximum absolute atomic E-state index is 3.56. The fraction of sp³-hybridized carbons (Fsp3) is 0.833. The van der Waals surface area contributed by atoms with Crippen molar-refractivity contribution in [2.75, 3.05) is 0 Å². The van der Waals surface area contributed by atoms with E-state index in [0.29, 0.717) is 0 Å². The molecule has 1 aliphatic rings. The molecule has 0 amide bonds. The molecule has 0 heterocycles. The molecule has 0 aromatic rings. The van der Waals surface area contributed by atoms with Crippen LogP contribution < -0.4 is 5.32 Å². The van der Waals surface area contributed by atoms with Crippen LogP contribution >= 0.6 is 0 Å². The summed E-state index contributed by atoms with van der Waals surface area (Å²) >= 11 is 0. The third-order valence-corrected chi connectivity index (χ3v) is 1.44. The second-order valence-electron chi connectivity index (χ2n) is 2.19. The lowest BCUT2D eigenvalue weighted by Gasteiger charge is -1.90. The lowest BCUT2D eigenvalue weighted by Crippen LogP contribution is -2.07. The van der Waals surface area contributed by atoms with Gasteiger partial charge in [-0.3, -0.25) is 0 Å². The summed E-state index contributed by atoms with van der Waals surface area (Å²) in [5, 5.41) is 3.13. The van der Waals surface area contributed by atoms with Crippen molar-refractivity contribution in [1.82, 2.24) is 5.32 Å². The average molecular weight is 187 g/mol. The zero-order valence-corrected chi connectivity index (χ0v) is 10.6. The highest BCUT2D eigenvalue weighted by atomic mass is 14.9. The monoisotopic (exact) mass is 187 g/mol. The second-order valence-corrected chi connectivity index (χ2v) is 2.19. The quantitative estimate of drug-likeness (QED) is 0.683. The van der Waals surface area contributed by atoms with E-state index in [2.05, 4.69) is 18.8 Å². The van der Waals surface area contributed by atoms with Crippen LogP contribution in [-0.4, -0.2) is 6.04 Å². The van der Waals surface area contributed by atoms with Crippen molar-refractivity contribution < 1.29 is 0 Å². The Kier molecular flexibility index (Phi) is 24.8. The summed E-state index contributed by atoms with van der Waals surface area (Å²) < 4.78 is 0. The van der Waals surface area contributed by atoms with Crippen molar-refractivity contribution in [1.29, 1.82) is 0 Å². The Balaban J connectivity index is -0.000000144. The first-order chi connectivity index (χ1) is 6.34. The van der Waals surface area contributed by atoms with Gasteiger partial charge in [0.1, 0.15) is 0 Å². The molecule has 0 aromatic carbocycles. The summed E-state index contributed by atoms with van der Waals surface area (Å²) in [5.74, 6) is 0.887. The molecule has 0 aromatic heterocycles. The summed E-state index contributed by atoms with van der Waals surface area (Å²) in [4.78, 5) is 0. The van der Waals surface area contributed by atoms with Gasteiger partial charge in [-0.15, -0.1) is 0 Å². The molecule has 1 rings (SSSR count). The highest BCUT2D eigenvalue weighted by Gasteiger charge is 2.30. The van der Waals surface area contributed by atoms with E-state index in [1.807, 2.05) is 41.5 Å². The summed E-state index contributed by atoms with van der Waals surface area (Å²) in [7, 11) is 0. The lowest BCUT2D eigenvalue weighted by molar-refractivity contribution is 0.785. The molecule has 2 atom stereocenters. The third-order valence-electron chi connectivity index (χ3n) is 1.44. The first-order valence-electron chi connectivity index (χ1n) is 5.71. The molecule has 0 aliphatic heterocycles. The molecular formula is C12H29N. The zero-order valence-electron chi connectivity index (χ0n) is 10.6. The molecule has 1 fully saturated rings. The van der Waals surface area contributed by atoms with Crippen LogP contribution in [0.2, 0.25) is 0 Å². The molecule has 0 saturated heterocycles. The second kappa shape index (κ2) is 17.6. The van der Waals surface area contributed by atoms with Gasteiger partial charge < -0.3 is 5.32 Å². The number of hydrogen-bond donors (Lipinski definition) is 1. The summed E-state index contributed by atoms with van der Waals surface area (Å²) in [6.07, 6.45) is 3.10. The van der Waals surface area contributed by atoms with E-state index in [-0.39, 0.29) is 0 Å². The van der Waals surface area contributed by atoms with Gasteiger partial charge in [-0.1, -0.05) is 55.0 Å². The molecule has 13 heavy (non-hydrogen) atoms. The molecule has 1 N–H and O–H groups in total. The molecule has 1 nitrogen and oxygen atoms in total. The van der Waals surface area contributed by atoms with Gasteiger partial charge in [0.15, 0.2) is 0 Å². The Morgan fingerprint density at radius 1 is 1.08 bits per heavy atom. The standard InChI is InChI=1S/C6H11N.3C2H6/c1-3-7-6-4-5(6)2;3*1-2/h3,5-7H,1,4H2,2H3;3*1-2H3. The van der Waals surface area contributed by atoms with Gasteiger partial charge in [0.05, 0.1) is 0 Å². The Labute approximate surface area is 85.6 Å². The fourth-order valence-electron chi connectivity index (χ4n) is 0.706. The van der Waals surface area contributed by atoms with Gasteiger partial charge in [-0.2, -0.15) is 0 Å². The lowest BCUT2D eigenvalue weighted by atomic mass is 10.5. The molecule has 1 heteroatoms. The minimum absolute atomic E-state index is 0.748. The average Bonchev–Trinajstić information content (AvgIpc) is 2.92. The molecular weight excluding hydrogens is 158 g/mol. The van der Waals surface area contributed by atoms with E-state index in [0.717, 1.165) is 12.0 Å². The van der Waals surface area contributed by atoms with Crippen molar-refractivity contribution in [3.8, 4) is 0 Å². The predicted octanol–water partition coefficient (Wildman–Crippen LogP) is 4.21. The van der Waals surface area contributed by atoms with E-state index < -0.39 is 0 Å².